The minimum Gasteiger partial charge on any atom is -0.396 e. The van der Waals surface area contributed by atoms with E-state index in [9.17, 15) is 14.6 Å². The van der Waals surface area contributed by atoms with Gasteiger partial charge in [-0.25, -0.2) is 4.57 Å². The summed E-state index contributed by atoms with van der Waals surface area (Å²) in [5.41, 5.74) is 0. The van der Waals surface area contributed by atoms with E-state index in [1.54, 1.807) is 0 Å². The van der Waals surface area contributed by atoms with Crippen molar-refractivity contribution in [1.29, 1.82) is 0 Å². The zero-order chi connectivity index (χ0) is 22.0. The van der Waals surface area contributed by atoms with Crippen molar-refractivity contribution in [2.75, 3.05) is 47.5 Å². The molecule has 2 atom stereocenters. The smallest absolute Gasteiger partial charge is 0.396 e. The van der Waals surface area contributed by atoms with Gasteiger partial charge in [0.1, 0.15) is 13.2 Å². The Morgan fingerprint density at radius 1 is 0.828 bits per heavy atom. The van der Waals surface area contributed by atoms with Gasteiger partial charge in [-0.3, -0.25) is 9.05 Å². The third kappa shape index (κ3) is 21.1. The normalized spacial score (nSPS) is 15.4. The van der Waals surface area contributed by atoms with Crippen LogP contribution in [0.2, 0.25) is 0 Å². The van der Waals surface area contributed by atoms with Crippen molar-refractivity contribution in [3.05, 3.63) is 0 Å². The zero-order valence-electron chi connectivity index (χ0n) is 19.6. The largest absolute Gasteiger partial charge is 0.472 e. The second-order valence-electron chi connectivity index (χ2n) is 9.34. The average molecular weight is 439 g/mol. The molecule has 6 nitrogen and oxygen atoms in total. The lowest BCUT2D eigenvalue weighted by molar-refractivity contribution is -0.870. The molecule has 0 saturated heterocycles. The number of quaternary nitrogens is 1. The Morgan fingerprint density at radius 3 is 1.76 bits per heavy atom. The van der Waals surface area contributed by atoms with Crippen LogP contribution in [0.15, 0.2) is 0 Å². The molecule has 0 spiro atoms. The lowest BCUT2D eigenvalue weighted by Crippen LogP contribution is -2.37. The summed E-state index contributed by atoms with van der Waals surface area (Å²) in [5, 5.41) is 9.49. The van der Waals surface area contributed by atoms with Crippen LogP contribution in [0.25, 0.3) is 0 Å². The van der Waals surface area contributed by atoms with Crippen molar-refractivity contribution in [3.8, 4) is 0 Å². The monoisotopic (exact) mass is 438 g/mol. The number of hydrogen-bond donors (Lipinski definition) is 2. The molecule has 0 aromatic carbocycles. The van der Waals surface area contributed by atoms with Crippen LogP contribution in [0, 0.1) is 5.92 Å². The van der Waals surface area contributed by atoms with Crippen molar-refractivity contribution in [1.82, 2.24) is 0 Å². The fraction of sp³-hybridized carbons (Fsp3) is 1.00. The molecule has 176 valence electrons. The average Bonchev–Trinajstić information content (AvgIpc) is 2.63. The number of nitrogens with zero attached hydrogens (tertiary/aromatic N) is 1. The molecule has 2 unspecified atom stereocenters. The molecule has 0 heterocycles. The minimum atomic E-state index is -4.04. The lowest BCUT2D eigenvalue weighted by Gasteiger charge is -2.24. The summed E-state index contributed by atoms with van der Waals surface area (Å²) < 4.78 is 22.7. The van der Waals surface area contributed by atoms with E-state index >= 15 is 0 Å². The maximum atomic E-state index is 11.9. The van der Waals surface area contributed by atoms with Gasteiger partial charge in [0.2, 0.25) is 0 Å². The van der Waals surface area contributed by atoms with Gasteiger partial charge in [-0.05, 0) is 6.42 Å². The zero-order valence-corrected chi connectivity index (χ0v) is 20.5. The Labute approximate surface area is 180 Å². The lowest BCUT2D eigenvalue weighted by atomic mass is 10.0. The van der Waals surface area contributed by atoms with Crippen LogP contribution in [0.1, 0.15) is 90.4 Å². The molecule has 2 N–H and O–H groups in total. The van der Waals surface area contributed by atoms with Crippen LogP contribution in [0.3, 0.4) is 0 Å². The molecule has 0 radical (unpaired) electrons. The van der Waals surface area contributed by atoms with Gasteiger partial charge in [-0.15, -0.1) is 0 Å². The number of likely N-dealkylation sites (N-methyl/N-ethyl adjacent to an activating group) is 1. The summed E-state index contributed by atoms with van der Waals surface area (Å²) in [5.74, 6) is -0.111. The Hall–Kier alpha value is 0.0300. The molecule has 0 fully saturated rings. The molecule has 0 aromatic heterocycles. The van der Waals surface area contributed by atoms with E-state index in [-0.39, 0.29) is 25.7 Å². The fourth-order valence-corrected chi connectivity index (χ4v) is 3.95. The molecular formula is C22H49NO5P+. The van der Waals surface area contributed by atoms with Gasteiger partial charge in [-0.2, -0.15) is 0 Å². The first-order valence-electron chi connectivity index (χ1n) is 11.7. The van der Waals surface area contributed by atoms with Crippen LogP contribution in [0.5, 0.6) is 0 Å². The topological polar surface area (TPSA) is 76.0 Å². The number of hydrogen-bond acceptors (Lipinski definition) is 4. The van der Waals surface area contributed by atoms with E-state index in [2.05, 4.69) is 6.92 Å². The molecule has 0 bridgehead atoms. The van der Waals surface area contributed by atoms with Crippen LogP contribution >= 0.6 is 7.82 Å². The third-order valence-corrected chi connectivity index (χ3v) is 6.20. The molecule has 0 aliphatic heterocycles. The SMILES string of the molecule is CCCCCCCCCCCCCCC(CO)COP(=O)(O)OCC[N+](C)(C)C. The molecular weight excluding hydrogens is 389 g/mol. The highest BCUT2D eigenvalue weighted by Gasteiger charge is 2.24. The van der Waals surface area contributed by atoms with E-state index in [4.69, 9.17) is 9.05 Å². The Balaban J connectivity index is 3.65. The molecule has 0 saturated carbocycles. The molecule has 29 heavy (non-hydrogen) atoms. The predicted molar refractivity (Wildman–Crippen MR) is 121 cm³/mol. The second kappa shape index (κ2) is 17.7. The van der Waals surface area contributed by atoms with E-state index < -0.39 is 7.82 Å². The first kappa shape index (κ1) is 29.0. The van der Waals surface area contributed by atoms with Crippen molar-refractivity contribution in [3.63, 3.8) is 0 Å². The summed E-state index contributed by atoms with van der Waals surface area (Å²) in [7, 11) is 1.93. The number of aliphatic hydroxyl groups is 1. The summed E-state index contributed by atoms with van der Waals surface area (Å²) in [6, 6.07) is 0. The van der Waals surface area contributed by atoms with Gasteiger partial charge in [0.15, 0.2) is 0 Å². The molecule has 0 aliphatic carbocycles. The second-order valence-corrected chi connectivity index (χ2v) is 10.8. The highest BCUT2D eigenvalue weighted by atomic mass is 31.2. The Kier molecular flexibility index (Phi) is 17.7. The third-order valence-electron chi connectivity index (χ3n) is 5.21. The summed E-state index contributed by atoms with van der Waals surface area (Å²) in [4.78, 5) is 9.75. The van der Waals surface area contributed by atoms with Gasteiger partial charge in [0, 0.05) is 12.5 Å². The minimum absolute atomic E-state index is 0.0308. The fourth-order valence-electron chi connectivity index (χ4n) is 3.17. The number of unbranched alkanes of at least 4 members (excludes halogenated alkanes) is 11. The molecule has 7 heteroatoms. The van der Waals surface area contributed by atoms with Crippen LogP contribution in [-0.4, -0.2) is 62.0 Å². The highest BCUT2D eigenvalue weighted by molar-refractivity contribution is 7.47. The Morgan fingerprint density at radius 2 is 1.31 bits per heavy atom. The van der Waals surface area contributed by atoms with E-state index in [0.717, 1.165) is 19.3 Å². The van der Waals surface area contributed by atoms with Crippen molar-refractivity contribution >= 4 is 7.82 Å². The Bertz CT molecular complexity index is 414. The maximum Gasteiger partial charge on any atom is 0.472 e. The number of phosphoric ester groups is 1. The first-order valence-corrected chi connectivity index (χ1v) is 13.2. The van der Waals surface area contributed by atoms with Gasteiger partial charge in [0.25, 0.3) is 0 Å². The summed E-state index contributed by atoms with van der Waals surface area (Å²) in [6.07, 6.45) is 16.4. The molecule has 0 rings (SSSR count). The van der Waals surface area contributed by atoms with Crippen molar-refractivity contribution < 1.29 is 28.1 Å². The van der Waals surface area contributed by atoms with E-state index in [1.165, 1.54) is 64.2 Å². The van der Waals surface area contributed by atoms with E-state index in [1.807, 2.05) is 21.1 Å². The quantitative estimate of drug-likeness (QED) is 0.140. The van der Waals surface area contributed by atoms with Crippen LogP contribution in [-0.2, 0) is 13.6 Å². The molecule has 0 aromatic rings. The predicted octanol–water partition coefficient (Wildman–Crippen LogP) is 5.53. The number of rotatable bonds is 21. The summed E-state index contributed by atoms with van der Waals surface area (Å²) in [6.45, 7) is 3.07. The summed E-state index contributed by atoms with van der Waals surface area (Å²) >= 11 is 0. The van der Waals surface area contributed by atoms with E-state index in [0.29, 0.717) is 11.0 Å². The van der Waals surface area contributed by atoms with Crippen LogP contribution < -0.4 is 0 Å². The van der Waals surface area contributed by atoms with Crippen molar-refractivity contribution in [2.45, 2.75) is 90.4 Å². The highest BCUT2D eigenvalue weighted by Crippen LogP contribution is 2.43. The van der Waals surface area contributed by atoms with Gasteiger partial charge in [-0.1, -0.05) is 84.0 Å². The molecule has 0 amide bonds. The van der Waals surface area contributed by atoms with Gasteiger partial charge in [0.05, 0.1) is 27.7 Å². The van der Waals surface area contributed by atoms with Gasteiger partial charge < -0.3 is 14.5 Å². The van der Waals surface area contributed by atoms with Crippen molar-refractivity contribution in [2.24, 2.45) is 5.92 Å². The standard InChI is InChI=1S/C22H48NO5P/c1-5-6-7-8-9-10-11-12-13-14-15-16-17-22(20-24)21-28-29(25,26)27-19-18-23(2,3)4/h22,24H,5-21H2,1-4H3/p+1. The number of phosphoric acid groups is 1. The van der Waals surface area contributed by atoms with Gasteiger partial charge >= 0.3 is 7.82 Å². The maximum absolute atomic E-state index is 11.9. The molecule has 0 aliphatic rings. The van der Waals surface area contributed by atoms with Crippen LogP contribution in [0.4, 0.5) is 0 Å². The first-order chi connectivity index (χ1) is 13.7. The number of aliphatic hydroxyl groups excluding tert-OH is 1.